The first-order chi connectivity index (χ1) is 13.3. The Bertz CT molecular complexity index is 822. The molecule has 0 saturated carbocycles. The summed E-state index contributed by atoms with van der Waals surface area (Å²) in [6.07, 6.45) is 3.06. The summed E-state index contributed by atoms with van der Waals surface area (Å²) in [5, 5.41) is 0. The molecule has 1 aliphatic rings. The Morgan fingerprint density at radius 3 is 2.43 bits per heavy atom. The lowest BCUT2D eigenvalue weighted by Gasteiger charge is -2.38. The summed E-state index contributed by atoms with van der Waals surface area (Å²) >= 11 is 0. The minimum atomic E-state index is -1.17. The van der Waals surface area contributed by atoms with Crippen LogP contribution in [0.5, 0.6) is 11.5 Å². The molecule has 0 amide bonds. The highest BCUT2D eigenvalue weighted by molar-refractivity contribution is 6.12. The Balaban J connectivity index is 2.33. The molecule has 6 heteroatoms. The molecule has 6 nitrogen and oxygen atoms in total. The number of Topliss-reactive ketones (excluding diaryl/α,β-unsaturated/α-hetero) is 2. The quantitative estimate of drug-likeness (QED) is 0.607. The molecule has 0 spiro atoms. The van der Waals surface area contributed by atoms with E-state index in [9.17, 15) is 14.4 Å². The van der Waals surface area contributed by atoms with E-state index in [1.807, 2.05) is 0 Å². The molecule has 0 radical (unpaired) electrons. The summed E-state index contributed by atoms with van der Waals surface area (Å²) < 4.78 is 15.6. The summed E-state index contributed by atoms with van der Waals surface area (Å²) in [6.45, 7) is 5.40. The Kier molecular flexibility index (Phi) is 6.78. The lowest BCUT2D eigenvalue weighted by Crippen LogP contribution is -2.46. The van der Waals surface area contributed by atoms with E-state index in [-0.39, 0.29) is 42.4 Å². The molecule has 2 atom stereocenters. The van der Waals surface area contributed by atoms with Gasteiger partial charge >= 0.3 is 0 Å². The van der Waals surface area contributed by atoms with E-state index in [4.69, 9.17) is 14.2 Å². The number of ether oxygens (including phenoxy) is 3. The number of rotatable bonds is 9. The number of methoxy groups -OCH3 is 3. The maximum absolute atomic E-state index is 13.1. The first-order valence-corrected chi connectivity index (χ1v) is 9.00. The summed E-state index contributed by atoms with van der Waals surface area (Å²) in [7, 11) is 4.41. The van der Waals surface area contributed by atoms with Crippen LogP contribution in [0.2, 0.25) is 0 Å². The zero-order chi connectivity index (χ0) is 20.9. The fraction of sp³-hybridized carbons (Fsp3) is 0.409. The van der Waals surface area contributed by atoms with Crippen molar-refractivity contribution in [3.8, 4) is 11.5 Å². The zero-order valence-electron chi connectivity index (χ0n) is 16.7. The van der Waals surface area contributed by atoms with Crippen molar-refractivity contribution in [1.82, 2.24) is 0 Å². The predicted molar refractivity (Wildman–Crippen MR) is 104 cm³/mol. The van der Waals surface area contributed by atoms with Gasteiger partial charge in [-0.15, -0.1) is 6.58 Å². The standard InChI is InChI=1S/C22H26O6/c1-6-9-22(13-16(23)12-20(28-5)21(22)25)14(2)17(24)10-15-7-8-18(26-3)19(11-15)27-4/h6-8,11-12,14H,1,9-10,13H2,2-5H3. The monoisotopic (exact) mass is 386 g/mol. The SMILES string of the molecule is C=CCC1(C(C)C(=O)Cc2ccc(OC)c(OC)c2)CC(=O)C=C(OC)C1=O. The number of carbonyl (C=O) groups is 3. The Hall–Kier alpha value is -2.89. The Morgan fingerprint density at radius 2 is 1.86 bits per heavy atom. The molecule has 1 aromatic carbocycles. The van der Waals surface area contributed by atoms with E-state index in [2.05, 4.69) is 6.58 Å². The van der Waals surface area contributed by atoms with Gasteiger partial charge in [0.05, 0.1) is 26.7 Å². The van der Waals surface area contributed by atoms with Gasteiger partial charge in [0.15, 0.2) is 23.0 Å². The highest BCUT2D eigenvalue weighted by Gasteiger charge is 2.50. The van der Waals surface area contributed by atoms with Crippen molar-refractivity contribution in [2.75, 3.05) is 21.3 Å². The van der Waals surface area contributed by atoms with Crippen LogP contribution in [0.15, 0.2) is 42.7 Å². The third-order valence-corrected chi connectivity index (χ3v) is 5.32. The van der Waals surface area contributed by atoms with Gasteiger partial charge in [-0.25, -0.2) is 0 Å². The van der Waals surface area contributed by atoms with Crippen molar-refractivity contribution in [2.45, 2.75) is 26.2 Å². The van der Waals surface area contributed by atoms with Gasteiger partial charge < -0.3 is 14.2 Å². The average Bonchev–Trinajstić information content (AvgIpc) is 2.69. The molecule has 1 aromatic rings. The molecule has 0 bridgehead atoms. The second-order valence-corrected chi connectivity index (χ2v) is 6.89. The van der Waals surface area contributed by atoms with E-state index >= 15 is 0 Å². The fourth-order valence-corrected chi connectivity index (χ4v) is 3.65. The number of hydrogen-bond donors (Lipinski definition) is 0. The fourth-order valence-electron chi connectivity index (χ4n) is 3.65. The largest absolute Gasteiger partial charge is 0.493 e. The van der Waals surface area contributed by atoms with Crippen LogP contribution in [0, 0.1) is 11.3 Å². The maximum Gasteiger partial charge on any atom is 0.205 e. The van der Waals surface area contributed by atoms with E-state index in [0.29, 0.717) is 11.5 Å². The van der Waals surface area contributed by atoms with E-state index in [1.165, 1.54) is 27.4 Å². The van der Waals surface area contributed by atoms with E-state index in [1.54, 1.807) is 31.2 Å². The van der Waals surface area contributed by atoms with Gasteiger partial charge in [0.2, 0.25) is 5.78 Å². The summed E-state index contributed by atoms with van der Waals surface area (Å²) in [5.41, 5.74) is -0.438. The average molecular weight is 386 g/mol. The highest BCUT2D eigenvalue weighted by Crippen LogP contribution is 2.43. The van der Waals surface area contributed by atoms with Crippen molar-refractivity contribution in [3.05, 3.63) is 48.3 Å². The summed E-state index contributed by atoms with van der Waals surface area (Å²) in [4.78, 5) is 38.3. The highest BCUT2D eigenvalue weighted by atomic mass is 16.5. The van der Waals surface area contributed by atoms with Crippen molar-refractivity contribution in [2.24, 2.45) is 11.3 Å². The molecule has 0 N–H and O–H groups in total. The van der Waals surface area contributed by atoms with Gasteiger partial charge in [-0.2, -0.15) is 0 Å². The lowest BCUT2D eigenvalue weighted by molar-refractivity contribution is -0.142. The van der Waals surface area contributed by atoms with Crippen LogP contribution in [0.4, 0.5) is 0 Å². The number of allylic oxidation sites excluding steroid dienone is 3. The molecule has 0 aliphatic heterocycles. The summed E-state index contributed by atoms with van der Waals surface area (Å²) in [6, 6.07) is 5.24. The van der Waals surface area contributed by atoms with Gasteiger partial charge in [0.25, 0.3) is 0 Å². The van der Waals surface area contributed by atoms with Gasteiger partial charge in [0, 0.05) is 24.8 Å². The number of benzene rings is 1. The van der Waals surface area contributed by atoms with Gasteiger partial charge in [0.1, 0.15) is 5.78 Å². The molecule has 28 heavy (non-hydrogen) atoms. The van der Waals surface area contributed by atoms with E-state index < -0.39 is 11.3 Å². The van der Waals surface area contributed by atoms with E-state index in [0.717, 1.165) is 5.56 Å². The van der Waals surface area contributed by atoms with Crippen LogP contribution in [0.1, 0.15) is 25.3 Å². The Labute approximate surface area is 165 Å². The van der Waals surface area contributed by atoms with Crippen molar-refractivity contribution in [3.63, 3.8) is 0 Å². The summed E-state index contributed by atoms with van der Waals surface area (Å²) in [5.74, 6) is -0.315. The van der Waals surface area contributed by atoms with Crippen LogP contribution in [-0.4, -0.2) is 38.7 Å². The maximum atomic E-state index is 13.1. The van der Waals surface area contributed by atoms with Gasteiger partial charge in [-0.05, 0) is 24.1 Å². The van der Waals surface area contributed by atoms with Crippen molar-refractivity contribution in [1.29, 1.82) is 0 Å². The molecule has 2 unspecified atom stereocenters. The number of hydrogen-bond acceptors (Lipinski definition) is 6. The van der Waals surface area contributed by atoms with Crippen LogP contribution in [0.25, 0.3) is 0 Å². The first kappa shape index (κ1) is 21.4. The Morgan fingerprint density at radius 1 is 1.18 bits per heavy atom. The van der Waals surface area contributed by atoms with Crippen LogP contribution in [-0.2, 0) is 25.5 Å². The topological polar surface area (TPSA) is 78.9 Å². The molecule has 2 rings (SSSR count). The predicted octanol–water partition coefficient (Wildman–Crippen LogP) is 3.09. The third-order valence-electron chi connectivity index (χ3n) is 5.32. The van der Waals surface area contributed by atoms with Gasteiger partial charge in [-0.3, -0.25) is 14.4 Å². The molecule has 0 fully saturated rings. The zero-order valence-corrected chi connectivity index (χ0v) is 16.7. The smallest absolute Gasteiger partial charge is 0.205 e. The lowest BCUT2D eigenvalue weighted by atomic mass is 9.63. The molecule has 0 heterocycles. The van der Waals surface area contributed by atoms with Crippen LogP contribution < -0.4 is 9.47 Å². The molecule has 0 saturated heterocycles. The normalized spacial score (nSPS) is 20.2. The molecule has 150 valence electrons. The van der Waals surface area contributed by atoms with Crippen LogP contribution in [0.3, 0.4) is 0 Å². The third kappa shape index (κ3) is 4.01. The van der Waals surface area contributed by atoms with Crippen LogP contribution >= 0.6 is 0 Å². The molecule has 0 aromatic heterocycles. The molecular formula is C22H26O6. The number of carbonyl (C=O) groups excluding carboxylic acids is 3. The molecular weight excluding hydrogens is 360 g/mol. The van der Waals surface area contributed by atoms with Gasteiger partial charge in [-0.1, -0.05) is 19.1 Å². The van der Waals surface area contributed by atoms with Crippen molar-refractivity contribution < 1.29 is 28.6 Å². The second-order valence-electron chi connectivity index (χ2n) is 6.89. The molecule has 1 aliphatic carbocycles. The van der Waals surface area contributed by atoms with Crippen molar-refractivity contribution >= 4 is 17.3 Å². The minimum Gasteiger partial charge on any atom is -0.493 e. The minimum absolute atomic E-state index is 0.0103. The first-order valence-electron chi connectivity index (χ1n) is 9.00. The second kappa shape index (κ2) is 8.87. The number of ketones is 3.